The van der Waals surface area contributed by atoms with E-state index < -0.39 is 17.7 Å². The van der Waals surface area contributed by atoms with E-state index in [1.807, 2.05) is 0 Å². The van der Waals surface area contributed by atoms with Crippen molar-refractivity contribution in [3.05, 3.63) is 103 Å². The molecule has 2 N–H and O–H groups in total. The highest BCUT2D eigenvalue weighted by Gasteiger charge is 2.23. The standard InChI is InChI=1S/C32H23Br2ClFN3O6/c1-42-25-11-16(12-26(43-2)30(25)44-3)32(41)45-29-17(10-18(33)13-22(29)34)15-37-39-31(40)28-27(20-6-4-5-7-23(20)35)21-14-19(36)8-9-24(21)38-28/h4-15,38H,1-3H3,(H,39,40). The maximum atomic E-state index is 14.2. The largest absolute Gasteiger partial charge is 0.493 e. The number of esters is 1. The third-order valence-corrected chi connectivity index (χ3v) is 8.01. The summed E-state index contributed by atoms with van der Waals surface area (Å²) < 4.78 is 37.1. The number of benzene rings is 4. The zero-order valence-corrected chi connectivity index (χ0v) is 27.8. The van der Waals surface area contributed by atoms with Crippen molar-refractivity contribution in [3.8, 4) is 34.1 Å². The van der Waals surface area contributed by atoms with Crippen molar-refractivity contribution >= 4 is 72.5 Å². The predicted molar refractivity (Wildman–Crippen MR) is 177 cm³/mol. The van der Waals surface area contributed by atoms with Gasteiger partial charge in [-0.2, -0.15) is 5.10 Å². The molecule has 0 aliphatic rings. The number of H-pyrrole nitrogens is 1. The molecule has 0 atom stereocenters. The summed E-state index contributed by atoms with van der Waals surface area (Å²) in [5.41, 5.74) is 4.61. The fourth-order valence-electron chi connectivity index (χ4n) is 4.63. The highest BCUT2D eigenvalue weighted by atomic mass is 79.9. The van der Waals surface area contributed by atoms with Crippen molar-refractivity contribution in [1.29, 1.82) is 0 Å². The van der Waals surface area contributed by atoms with Crippen LogP contribution < -0.4 is 24.4 Å². The Morgan fingerprint density at radius 2 is 1.64 bits per heavy atom. The van der Waals surface area contributed by atoms with Crippen LogP contribution in [0.5, 0.6) is 23.0 Å². The van der Waals surface area contributed by atoms with Gasteiger partial charge in [0.05, 0.1) is 37.6 Å². The third kappa shape index (κ3) is 6.68. The number of aromatic amines is 1. The molecule has 45 heavy (non-hydrogen) atoms. The second-order valence-corrected chi connectivity index (χ2v) is 11.5. The molecule has 0 bridgehead atoms. The van der Waals surface area contributed by atoms with Gasteiger partial charge in [0, 0.05) is 37.1 Å². The molecule has 0 unspecified atom stereocenters. The van der Waals surface area contributed by atoms with Crippen LogP contribution in [0.25, 0.3) is 22.0 Å². The SMILES string of the molecule is COc1cc(C(=O)Oc2c(Br)cc(Br)cc2C=NNC(=O)c2[nH]c3ccc(F)cc3c2-c2ccccc2Cl)cc(OC)c1OC. The van der Waals surface area contributed by atoms with Crippen molar-refractivity contribution in [3.63, 3.8) is 0 Å². The molecule has 1 amide bonds. The van der Waals surface area contributed by atoms with E-state index >= 15 is 0 Å². The van der Waals surface area contributed by atoms with E-state index in [0.717, 1.165) is 0 Å². The van der Waals surface area contributed by atoms with Crippen molar-refractivity contribution in [1.82, 2.24) is 10.4 Å². The molecule has 5 rings (SSSR count). The van der Waals surface area contributed by atoms with Crippen LogP contribution >= 0.6 is 43.5 Å². The summed E-state index contributed by atoms with van der Waals surface area (Å²) in [6.45, 7) is 0. The monoisotopic (exact) mass is 757 g/mol. The van der Waals surface area contributed by atoms with Crippen LogP contribution in [-0.4, -0.2) is 44.4 Å². The lowest BCUT2D eigenvalue weighted by molar-refractivity contribution is 0.0732. The number of nitrogens with one attached hydrogen (secondary N) is 2. The van der Waals surface area contributed by atoms with Gasteiger partial charge in [-0.05, 0) is 64.5 Å². The first-order valence-corrected chi connectivity index (χ1v) is 15.0. The first-order valence-electron chi connectivity index (χ1n) is 13.1. The van der Waals surface area contributed by atoms with Gasteiger partial charge in [0.2, 0.25) is 5.75 Å². The lowest BCUT2D eigenvalue weighted by atomic mass is 10.0. The molecule has 13 heteroatoms. The van der Waals surface area contributed by atoms with Gasteiger partial charge in [-0.15, -0.1) is 0 Å². The maximum Gasteiger partial charge on any atom is 0.343 e. The molecule has 0 aliphatic heterocycles. The van der Waals surface area contributed by atoms with Crippen LogP contribution in [0.1, 0.15) is 26.4 Å². The van der Waals surface area contributed by atoms with E-state index in [0.29, 0.717) is 47.3 Å². The Kier molecular flexibility index (Phi) is 9.76. The Balaban J connectivity index is 1.45. The molecule has 4 aromatic carbocycles. The predicted octanol–water partition coefficient (Wildman–Crippen LogP) is 8.16. The number of halogens is 4. The van der Waals surface area contributed by atoms with Crippen molar-refractivity contribution < 1.29 is 32.9 Å². The number of amides is 1. The van der Waals surface area contributed by atoms with Crippen molar-refractivity contribution in [2.45, 2.75) is 0 Å². The minimum absolute atomic E-state index is 0.130. The Hall–Kier alpha value is -4.39. The van der Waals surface area contributed by atoms with Gasteiger partial charge in [-0.1, -0.05) is 45.7 Å². The molecule has 5 aromatic rings. The van der Waals surface area contributed by atoms with Crippen LogP contribution in [0, 0.1) is 5.82 Å². The number of carbonyl (C=O) groups is 2. The fraction of sp³-hybridized carbons (Fsp3) is 0.0938. The summed E-state index contributed by atoms with van der Waals surface area (Å²) in [6, 6.07) is 17.4. The number of methoxy groups -OCH3 is 3. The summed E-state index contributed by atoms with van der Waals surface area (Å²) in [7, 11) is 4.33. The van der Waals surface area contributed by atoms with Crippen LogP contribution in [-0.2, 0) is 0 Å². The number of fused-ring (bicyclic) bond motifs is 1. The quantitative estimate of drug-likeness (QED) is 0.0680. The molecule has 0 saturated carbocycles. The van der Waals surface area contributed by atoms with E-state index in [9.17, 15) is 14.0 Å². The van der Waals surface area contributed by atoms with Crippen LogP contribution in [0.15, 0.2) is 80.8 Å². The molecule has 0 radical (unpaired) electrons. The summed E-state index contributed by atoms with van der Waals surface area (Å²) in [5.74, 6) is -0.782. The van der Waals surface area contributed by atoms with Gasteiger partial charge in [-0.3, -0.25) is 4.79 Å². The van der Waals surface area contributed by atoms with E-state index in [1.54, 1.807) is 42.5 Å². The Morgan fingerprint density at radius 1 is 0.933 bits per heavy atom. The van der Waals surface area contributed by atoms with Gasteiger partial charge in [0.1, 0.15) is 11.5 Å². The molecular formula is C32H23Br2ClFN3O6. The van der Waals surface area contributed by atoms with Gasteiger partial charge in [0.15, 0.2) is 17.2 Å². The van der Waals surface area contributed by atoms with E-state index in [-0.39, 0.29) is 28.5 Å². The zero-order chi connectivity index (χ0) is 32.2. The average molecular weight is 760 g/mol. The topological polar surface area (TPSA) is 111 Å². The maximum absolute atomic E-state index is 14.2. The number of ether oxygens (including phenoxy) is 4. The smallest absolute Gasteiger partial charge is 0.343 e. The minimum Gasteiger partial charge on any atom is -0.493 e. The molecule has 1 aromatic heterocycles. The lowest BCUT2D eigenvalue weighted by Crippen LogP contribution is -2.19. The molecule has 0 spiro atoms. The number of hydrazone groups is 1. The fourth-order valence-corrected chi connectivity index (χ4v) is 6.20. The first-order chi connectivity index (χ1) is 21.6. The molecule has 230 valence electrons. The van der Waals surface area contributed by atoms with Gasteiger partial charge in [-0.25, -0.2) is 14.6 Å². The molecule has 0 fully saturated rings. The highest BCUT2D eigenvalue weighted by Crippen LogP contribution is 2.40. The average Bonchev–Trinajstić information content (AvgIpc) is 3.40. The second kappa shape index (κ2) is 13.7. The van der Waals surface area contributed by atoms with Crippen molar-refractivity contribution in [2.24, 2.45) is 5.10 Å². The van der Waals surface area contributed by atoms with E-state index in [4.69, 9.17) is 30.5 Å². The van der Waals surface area contributed by atoms with Gasteiger partial charge >= 0.3 is 5.97 Å². The second-order valence-electron chi connectivity index (χ2n) is 9.35. The zero-order valence-electron chi connectivity index (χ0n) is 23.8. The molecule has 1 heterocycles. The normalized spacial score (nSPS) is 11.1. The number of hydrogen-bond acceptors (Lipinski definition) is 7. The van der Waals surface area contributed by atoms with Crippen LogP contribution in [0.4, 0.5) is 4.39 Å². The Morgan fingerprint density at radius 3 is 2.31 bits per heavy atom. The summed E-state index contributed by atoms with van der Waals surface area (Å²) in [5, 5.41) is 4.99. The number of rotatable bonds is 9. The number of aromatic nitrogens is 1. The molecule has 9 nitrogen and oxygen atoms in total. The highest BCUT2D eigenvalue weighted by molar-refractivity contribution is 9.11. The molecule has 0 aliphatic carbocycles. The van der Waals surface area contributed by atoms with E-state index in [2.05, 4.69) is 47.4 Å². The third-order valence-electron chi connectivity index (χ3n) is 6.63. The first kappa shape index (κ1) is 32.0. The summed E-state index contributed by atoms with van der Waals surface area (Å²) >= 11 is 13.3. The van der Waals surface area contributed by atoms with E-state index in [1.165, 1.54) is 51.8 Å². The number of carbonyl (C=O) groups excluding carboxylic acids is 2. The summed E-state index contributed by atoms with van der Waals surface area (Å²) in [6.07, 6.45) is 1.32. The Bertz CT molecular complexity index is 1960. The lowest BCUT2D eigenvalue weighted by Gasteiger charge is -2.15. The summed E-state index contributed by atoms with van der Waals surface area (Å²) in [4.78, 5) is 29.7. The molecular weight excluding hydrogens is 737 g/mol. The van der Waals surface area contributed by atoms with Crippen molar-refractivity contribution in [2.75, 3.05) is 21.3 Å². The Labute approximate surface area is 278 Å². The van der Waals surface area contributed by atoms with Gasteiger partial charge in [0.25, 0.3) is 5.91 Å². The van der Waals surface area contributed by atoms with Crippen LogP contribution in [0.2, 0.25) is 5.02 Å². The number of nitrogens with zero attached hydrogens (tertiary/aromatic N) is 1. The minimum atomic E-state index is -0.717. The number of hydrogen-bond donors (Lipinski definition) is 2. The molecule has 0 saturated heterocycles. The van der Waals surface area contributed by atoms with Crippen LogP contribution in [0.3, 0.4) is 0 Å². The van der Waals surface area contributed by atoms with Gasteiger partial charge < -0.3 is 23.9 Å².